The molecule has 5 rings (SSSR count). The topological polar surface area (TPSA) is 116 Å². The number of aryl methyl sites for hydroxylation is 2. The predicted octanol–water partition coefficient (Wildman–Crippen LogP) is 2.18. The molecule has 0 radical (unpaired) electrons. The molecule has 1 aromatic heterocycles. The number of sulfonamides is 1. The fraction of sp³-hybridized carbons (Fsp3) is 0.375. The zero-order valence-corrected chi connectivity index (χ0v) is 20.6. The van der Waals surface area contributed by atoms with Gasteiger partial charge in [-0.25, -0.2) is 18.1 Å². The third-order valence-corrected chi connectivity index (χ3v) is 8.98. The van der Waals surface area contributed by atoms with Gasteiger partial charge in [0.25, 0.3) is 5.91 Å². The molecule has 2 fully saturated rings. The number of hydrogen-bond acceptors (Lipinski definition) is 7. The van der Waals surface area contributed by atoms with Gasteiger partial charge in [-0.2, -0.15) is 4.31 Å². The SMILES string of the molecule is Cc1noc(C)c1S(=O)(=O)N1CCN(CN2C(=O)N[C@](C)(c3ccc4ccccc4c3)C2=O)CC1. The van der Waals surface area contributed by atoms with E-state index in [9.17, 15) is 18.0 Å². The van der Waals surface area contributed by atoms with Crippen molar-refractivity contribution in [3.8, 4) is 0 Å². The van der Waals surface area contributed by atoms with Gasteiger partial charge in [-0.05, 0) is 43.2 Å². The highest BCUT2D eigenvalue weighted by Gasteiger charge is 2.49. The van der Waals surface area contributed by atoms with Crippen LogP contribution in [0.5, 0.6) is 0 Å². The Bertz CT molecular complexity index is 1410. The Hall–Kier alpha value is -3.28. The first-order valence-corrected chi connectivity index (χ1v) is 12.8. The zero-order valence-electron chi connectivity index (χ0n) is 19.8. The van der Waals surface area contributed by atoms with Gasteiger partial charge in [-0.15, -0.1) is 0 Å². The number of nitrogens with one attached hydrogen (secondary N) is 1. The molecular weight excluding hydrogens is 470 g/mol. The van der Waals surface area contributed by atoms with E-state index in [1.165, 1.54) is 9.21 Å². The van der Waals surface area contributed by atoms with Crippen molar-refractivity contribution in [2.24, 2.45) is 0 Å². The van der Waals surface area contributed by atoms with Crippen molar-refractivity contribution >= 4 is 32.7 Å². The summed E-state index contributed by atoms with van der Waals surface area (Å²) in [4.78, 5) is 29.4. The van der Waals surface area contributed by atoms with Gasteiger partial charge < -0.3 is 9.84 Å². The van der Waals surface area contributed by atoms with E-state index in [4.69, 9.17) is 4.52 Å². The second-order valence-electron chi connectivity index (χ2n) is 9.17. The highest BCUT2D eigenvalue weighted by atomic mass is 32.2. The quantitative estimate of drug-likeness (QED) is 0.537. The number of urea groups is 1. The molecule has 0 saturated carbocycles. The van der Waals surface area contributed by atoms with Gasteiger partial charge in [0.15, 0.2) is 5.76 Å². The minimum Gasteiger partial charge on any atom is -0.360 e. The molecule has 1 atom stereocenters. The third-order valence-electron chi connectivity index (χ3n) is 6.84. The number of nitrogens with zero attached hydrogens (tertiary/aromatic N) is 4. The second-order valence-corrected chi connectivity index (χ2v) is 11.0. The summed E-state index contributed by atoms with van der Waals surface area (Å²) in [5.41, 5.74) is -0.125. The van der Waals surface area contributed by atoms with Gasteiger partial charge >= 0.3 is 6.03 Å². The molecular formula is C24H27N5O5S. The van der Waals surface area contributed by atoms with E-state index in [1.54, 1.807) is 20.8 Å². The van der Waals surface area contributed by atoms with Crippen LogP contribution >= 0.6 is 0 Å². The summed E-state index contributed by atoms with van der Waals surface area (Å²) in [6.07, 6.45) is 0. The largest absolute Gasteiger partial charge is 0.360 e. The van der Waals surface area contributed by atoms with Gasteiger partial charge in [-0.1, -0.05) is 41.6 Å². The van der Waals surface area contributed by atoms with Crippen LogP contribution in [0.3, 0.4) is 0 Å². The lowest BCUT2D eigenvalue weighted by Crippen LogP contribution is -2.52. The molecule has 10 nitrogen and oxygen atoms in total. The Morgan fingerprint density at radius 2 is 1.71 bits per heavy atom. The van der Waals surface area contributed by atoms with Crippen LogP contribution in [0.4, 0.5) is 4.79 Å². The Labute approximate surface area is 203 Å². The Kier molecular flexibility index (Phi) is 5.65. The summed E-state index contributed by atoms with van der Waals surface area (Å²) < 4.78 is 32.5. The first-order chi connectivity index (χ1) is 16.6. The number of fused-ring (bicyclic) bond motifs is 1. The molecule has 2 aliphatic rings. The summed E-state index contributed by atoms with van der Waals surface area (Å²) in [7, 11) is -3.73. The van der Waals surface area contributed by atoms with Gasteiger partial charge in [0, 0.05) is 26.2 Å². The fourth-order valence-electron chi connectivity index (χ4n) is 4.80. The Morgan fingerprint density at radius 1 is 1.03 bits per heavy atom. The molecule has 2 aromatic carbocycles. The molecule has 3 heterocycles. The van der Waals surface area contributed by atoms with E-state index in [1.807, 2.05) is 47.4 Å². The molecule has 184 valence electrons. The van der Waals surface area contributed by atoms with Gasteiger partial charge in [0.2, 0.25) is 10.0 Å². The van der Waals surface area contributed by atoms with Crippen LogP contribution in [-0.2, 0) is 20.4 Å². The van der Waals surface area contributed by atoms with Crippen LogP contribution in [0, 0.1) is 13.8 Å². The maximum Gasteiger partial charge on any atom is 0.326 e. The van der Waals surface area contributed by atoms with Gasteiger partial charge in [-0.3, -0.25) is 9.69 Å². The molecule has 0 bridgehead atoms. The molecule has 3 aromatic rings. The molecule has 0 unspecified atom stereocenters. The second kappa shape index (κ2) is 8.43. The highest BCUT2D eigenvalue weighted by molar-refractivity contribution is 7.89. The maximum absolute atomic E-state index is 13.4. The van der Waals surface area contributed by atoms with Crippen molar-refractivity contribution in [2.45, 2.75) is 31.2 Å². The van der Waals surface area contributed by atoms with E-state index in [-0.39, 0.29) is 36.3 Å². The number of carbonyl (C=O) groups is 2. The summed E-state index contributed by atoms with van der Waals surface area (Å²) >= 11 is 0. The summed E-state index contributed by atoms with van der Waals surface area (Å²) in [6, 6.07) is 13.1. The molecule has 2 saturated heterocycles. The van der Waals surface area contributed by atoms with E-state index in [0.29, 0.717) is 24.3 Å². The molecule has 0 spiro atoms. The predicted molar refractivity (Wildman–Crippen MR) is 128 cm³/mol. The first kappa shape index (κ1) is 23.5. The number of rotatable bonds is 5. The molecule has 1 N–H and O–H groups in total. The van der Waals surface area contributed by atoms with Crippen LogP contribution < -0.4 is 5.32 Å². The monoisotopic (exact) mass is 497 g/mol. The minimum atomic E-state index is -3.73. The lowest BCUT2D eigenvalue weighted by molar-refractivity contribution is -0.132. The molecule has 0 aliphatic carbocycles. The zero-order chi connectivity index (χ0) is 25.0. The number of hydrogen-bond donors (Lipinski definition) is 1. The number of aromatic nitrogens is 1. The van der Waals surface area contributed by atoms with Gasteiger partial charge in [0.1, 0.15) is 16.1 Å². The Morgan fingerprint density at radius 3 is 2.37 bits per heavy atom. The van der Waals surface area contributed by atoms with Crippen molar-refractivity contribution in [1.29, 1.82) is 0 Å². The number of imide groups is 1. The molecule has 2 aliphatic heterocycles. The first-order valence-electron chi connectivity index (χ1n) is 11.4. The van der Waals surface area contributed by atoms with E-state index in [2.05, 4.69) is 10.5 Å². The van der Waals surface area contributed by atoms with Crippen LogP contribution in [-0.4, -0.2) is 72.5 Å². The van der Waals surface area contributed by atoms with Crippen LogP contribution in [0.1, 0.15) is 23.9 Å². The van der Waals surface area contributed by atoms with Crippen molar-refractivity contribution in [2.75, 3.05) is 32.8 Å². The maximum atomic E-state index is 13.4. The highest BCUT2D eigenvalue weighted by Crippen LogP contribution is 2.31. The fourth-order valence-corrected chi connectivity index (χ4v) is 6.52. The van der Waals surface area contributed by atoms with Crippen LogP contribution in [0.2, 0.25) is 0 Å². The van der Waals surface area contributed by atoms with Crippen molar-refractivity contribution in [3.63, 3.8) is 0 Å². The lowest BCUT2D eigenvalue weighted by atomic mass is 9.90. The number of benzene rings is 2. The van der Waals surface area contributed by atoms with Crippen molar-refractivity contribution < 1.29 is 22.5 Å². The summed E-state index contributed by atoms with van der Waals surface area (Å²) in [6.45, 7) is 6.21. The van der Waals surface area contributed by atoms with E-state index < -0.39 is 21.6 Å². The number of piperazine rings is 1. The van der Waals surface area contributed by atoms with Crippen molar-refractivity contribution in [1.82, 2.24) is 24.6 Å². The summed E-state index contributed by atoms with van der Waals surface area (Å²) in [5.74, 6) is -0.0687. The van der Waals surface area contributed by atoms with Crippen LogP contribution in [0.15, 0.2) is 51.9 Å². The Balaban J connectivity index is 1.28. The van der Waals surface area contributed by atoms with Crippen molar-refractivity contribution in [3.05, 3.63) is 59.5 Å². The van der Waals surface area contributed by atoms with E-state index >= 15 is 0 Å². The summed E-state index contributed by atoms with van der Waals surface area (Å²) in [5, 5.41) is 8.65. The normalized spacial score (nSPS) is 22.2. The molecule has 35 heavy (non-hydrogen) atoms. The van der Waals surface area contributed by atoms with Crippen LogP contribution in [0.25, 0.3) is 10.8 Å². The minimum absolute atomic E-state index is 0.0903. The number of amides is 3. The standard InChI is InChI=1S/C24H27N5O5S/c1-16-21(17(2)34-26-16)35(32,33)28-12-10-27(11-13-28)15-29-22(30)24(3,25-23(29)31)20-9-8-18-6-4-5-7-19(18)14-20/h4-9,14H,10-13,15H2,1-3H3,(H,25,31)/t24-/m1/s1. The van der Waals surface area contributed by atoms with Gasteiger partial charge in [0.05, 0.1) is 6.67 Å². The average molecular weight is 498 g/mol. The number of carbonyl (C=O) groups excluding carboxylic acids is 2. The molecule has 3 amide bonds. The lowest BCUT2D eigenvalue weighted by Gasteiger charge is -2.35. The smallest absolute Gasteiger partial charge is 0.326 e. The molecule has 11 heteroatoms. The van der Waals surface area contributed by atoms with E-state index in [0.717, 1.165) is 10.8 Å². The third kappa shape index (κ3) is 3.89. The average Bonchev–Trinajstić information content (AvgIpc) is 3.30.